The van der Waals surface area contributed by atoms with Crippen LogP contribution in [0, 0.1) is 0 Å². The summed E-state index contributed by atoms with van der Waals surface area (Å²) < 4.78 is 0. The van der Waals surface area contributed by atoms with Crippen molar-refractivity contribution in [2.45, 2.75) is 18.9 Å². The molecule has 4 nitrogen and oxygen atoms in total. The Morgan fingerprint density at radius 1 is 1.28 bits per heavy atom. The molecule has 0 bridgehead atoms. The number of aliphatic carboxylic acids is 1. The van der Waals surface area contributed by atoms with Crippen molar-refractivity contribution in [3.63, 3.8) is 0 Å². The number of carboxylic acid groups (broad SMARTS) is 1. The summed E-state index contributed by atoms with van der Waals surface area (Å²) in [6.45, 7) is 0.414. The van der Waals surface area contributed by atoms with Crippen LogP contribution in [0.2, 0.25) is 10.0 Å². The summed E-state index contributed by atoms with van der Waals surface area (Å²) in [4.78, 5) is 24.7. The van der Waals surface area contributed by atoms with Crippen LogP contribution in [0.3, 0.4) is 0 Å². The first-order valence-electron chi connectivity index (χ1n) is 5.50. The Hall–Kier alpha value is -1.26. The summed E-state index contributed by atoms with van der Waals surface area (Å²) in [7, 11) is 0. The number of amides is 1. The summed E-state index contributed by atoms with van der Waals surface area (Å²) in [6, 6.07) is 3.98. The lowest BCUT2D eigenvalue weighted by Crippen LogP contribution is -2.40. The lowest BCUT2D eigenvalue weighted by Gasteiger charge is -2.22. The van der Waals surface area contributed by atoms with Crippen molar-refractivity contribution >= 4 is 35.1 Å². The van der Waals surface area contributed by atoms with E-state index in [2.05, 4.69) is 0 Å². The molecule has 6 heteroatoms. The molecule has 0 aromatic heterocycles. The van der Waals surface area contributed by atoms with Gasteiger partial charge in [-0.15, -0.1) is 0 Å². The molecule has 1 aliphatic heterocycles. The third-order valence-corrected chi connectivity index (χ3v) is 3.61. The average Bonchev–Trinajstić information content (AvgIpc) is 2.77. The van der Waals surface area contributed by atoms with Crippen molar-refractivity contribution in [1.82, 2.24) is 4.90 Å². The molecule has 1 saturated heterocycles. The summed E-state index contributed by atoms with van der Waals surface area (Å²) >= 11 is 11.9. The van der Waals surface area contributed by atoms with Crippen molar-refractivity contribution in [1.29, 1.82) is 0 Å². The van der Waals surface area contributed by atoms with E-state index in [4.69, 9.17) is 28.3 Å². The third-order valence-electron chi connectivity index (χ3n) is 2.98. The SMILES string of the molecule is O=C(O)[C@H]1CCCN1C(=O)c1c(Cl)cccc1Cl. The lowest BCUT2D eigenvalue weighted by atomic mass is 10.1. The van der Waals surface area contributed by atoms with Gasteiger partial charge in [-0.2, -0.15) is 0 Å². The molecule has 2 rings (SSSR count). The van der Waals surface area contributed by atoms with E-state index in [-0.39, 0.29) is 15.6 Å². The number of carboxylic acids is 1. The molecule has 1 atom stereocenters. The molecule has 1 aromatic carbocycles. The van der Waals surface area contributed by atoms with Gasteiger partial charge in [0.1, 0.15) is 6.04 Å². The van der Waals surface area contributed by atoms with Crippen LogP contribution in [0.1, 0.15) is 23.2 Å². The molecule has 1 fully saturated rings. The summed E-state index contributed by atoms with van der Waals surface area (Å²) in [5.74, 6) is -1.42. The number of likely N-dealkylation sites (tertiary alicyclic amines) is 1. The van der Waals surface area contributed by atoms with Crippen LogP contribution >= 0.6 is 23.2 Å². The Morgan fingerprint density at radius 2 is 1.89 bits per heavy atom. The van der Waals surface area contributed by atoms with E-state index in [1.165, 1.54) is 4.90 Å². The minimum absolute atomic E-state index is 0.175. The molecule has 18 heavy (non-hydrogen) atoms. The molecule has 96 valence electrons. The first kappa shape index (κ1) is 13.2. The molecular formula is C12H11Cl2NO3. The number of nitrogens with zero attached hydrogens (tertiary/aromatic N) is 1. The zero-order valence-corrected chi connectivity index (χ0v) is 10.9. The molecule has 1 amide bonds. The standard InChI is InChI=1S/C12H11Cl2NO3/c13-7-3-1-4-8(14)10(7)11(16)15-6-2-5-9(15)12(17)18/h1,3-4,9H,2,5-6H2,(H,17,18)/t9-/m1/s1. The maximum absolute atomic E-state index is 12.3. The van der Waals surface area contributed by atoms with Gasteiger partial charge in [0.2, 0.25) is 0 Å². The number of carbonyl (C=O) groups is 2. The van der Waals surface area contributed by atoms with Crippen LogP contribution < -0.4 is 0 Å². The first-order valence-corrected chi connectivity index (χ1v) is 6.25. The number of hydrogen-bond acceptors (Lipinski definition) is 2. The summed E-state index contributed by atoms with van der Waals surface area (Å²) in [6.07, 6.45) is 1.13. The molecule has 1 aromatic rings. The fraction of sp³-hybridized carbons (Fsp3) is 0.333. The monoisotopic (exact) mass is 287 g/mol. The van der Waals surface area contributed by atoms with Gasteiger partial charge in [0.15, 0.2) is 0 Å². The van der Waals surface area contributed by atoms with Crippen molar-refractivity contribution in [3.8, 4) is 0 Å². The van der Waals surface area contributed by atoms with Gasteiger partial charge in [-0.05, 0) is 25.0 Å². The highest BCUT2D eigenvalue weighted by molar-refractivity contribution is 6.39. The molecule has 1 heterocycles. The lowest BCUT2D eigenvalue weighted by molar-refractivity contribution is -0.141. The van der Waals surface area contributed by atoms with Gasteiger partial charge in [0, 0.05) is 6.54 Å². The Balaban J connectivity index is 2.34. The quantitative estimate of drug-likeness (QED) is 0.910. The molecule has 1 N–H and O–H groups in total. The smallest absolute Gasteiger partial charge is 0.326 e. The van der Waals surface area contributed by atoms with Gasteiger partial charge in [-0.3, -0.25) is 4.79 Å². The number of rotatable bonds is 2. The summed E-state index contributed by atoms with van der Waals surface area (Å²) in [5.41, 5.74) is 0.175. The fourth-order valence-corrected chi connectivity index (χ4v) is 2.67. The predicted molar refractivity (Wildman–Crippen MR) is 68.2 cm³/mol. The van der Waals surface area contributed by atoms with Crippen molar-refractivity contribution in [2.24, 2.45) is 0 Å². The maximum Gasteiger partial charge on any atom is 0.326 e. The minimum Gasteiger partial charge on any atom is -0.480 e. The Kier molecular flexibility index (Phi) is 3.78. The second-order valence-corrected chi connectivity index (χ2v) is 4.91. The second kappa shape index (κ2) is 5.16. The Morgan fingerprint density at radius 3 is 2.44 bits per heavy atom. The third kappa shape index (κ3) is 2.31. The van der Waals surface area contributed by atoms with E-state index in [0.29, 0.717) is 19.4 Å². The van der Waals surface area contributed by atoms with Gasteiger partial charge in [-0.1, -0.05) is 29.3 Å². The molecule has 0 unspecified atom stereocenters. The Bertz CT molecular complexity index is 484. The van der Waals surface area contributed by atoms with Crippen LogP contribution in [-0.2, 0) is 4.79 Å². The molecule has 0 aliphatic carbocycles. The largest absolute Gasteiger partial charge is 0.480 e. The van der Waals surface area contributed by atoms with Gasteiger partial charge in [0.25, 0.3) is 5.91 Å². The maximum atomic E-state index is 12.3. The van der Waals surface area contributed by atoms with E-state index in [1.54, 1.807) is 18.2 Å². The molecular weight excluding hydrogens is 277 g/mol. The van der Waals surface area contributed by atoms with Crippen LogP contribution in [0.15, 0.2) is 18.2 Å². The van der Waals surface area contributed by atoms with Gasteiger partial charge in [0.05, 0.1) is 15.6 Å². The zero-order valence-electron chi connectivity index (χ0n) is 9.40. The Labute approximate surface area is 114 Å². The van der Waals surface area contributed by atoms with E-state index in [9.17, 15) is 9.59 Å². The van der Waals surface area contributed by atoms with Gasteiger partial charge < -0.3 is 10.0 Å². The molecule has 0 spiro atoms. The van der Waals surface area contributed by atoms with Crippen LogP contribution in [-0.4, -0.2) is 34.5 Å². The zero-order chi connectivity index (χ0) is 13.3. The molecule has 1 aliphatic rings. The normalized spacial score (nSPS) is 19.0. The number of carbonyl (C=O) groups excluding carboxylic acids is 1. The van der Waals surface area contributed by atoms with E-state index >= 15 is 0 Å². The highest BCUT2D eigenvalue weighted by Gasteiger charge is 2.35. The molecule has 0 saturated carbocycles. The van der Waals surface area contributed by atoms with Crippen LogP contribution in [0.25, 0.3) is 0 Å². The number of hydrogen-bond donors (Lipinski definition) is 1. The average molecular weight is 288 g/mol. The van der Waals surface area contributed by atoms with E-state index < -0.39 is 17.9 Å². The van der Waals surface area contributed by atoms with E-state index in [1.807, 2.05) is 0 Å². The van der Waals surface area contributed by atoms with Crippen molar-refractivity contribution in [3.05, 3.63) is 33.8 Å². The van der Waals surface area contributed by atoms with Crippen LogP contribution in [0.5, 0.6) is 0 Å². The minimum atomic E-state index is -0.996. The van der Waals surface area contributed by atoms with Crippen molar-refractivity contribution < 1.29 is 14.7 Å². The van der Waals surface area contributed by atoms with E-state index in [0.717, 1.165) is 0 Å². The first-order chi connectivity index (χ1) is 8.52. The van der Waals surface area contributed by atoms with Crippen LogP contribution in [0.4, 0.5) is 0 Å². The highest BCUT2D eigenvalue weighted by atomic mass is 35.5. The van der Waals surface area contributed by atoms with Gasteiger partial charge in [-0.25, -0.2) is 4.79 Å². The number of benzene rings is 1. The summed E-state index contributed by atoms with van der Waals surface area (Å²) in [5, 5.41) is 9.54. The predicted octanol–water partition coefficient (Wildman–Crippen LogP) is 2.68. The topological polar surface area (TPSA) is 57.6 Å². The van der Waals surface area contributed by atoms with Crippen molar-refractivity contribution in [2.75, 3.05) is 6.54 Å². The van der Waals surface area contributed by atoms with Gasteiger partial charge >= 0.3 is 5.97 Å². The highest BCUT2D eigenvalue weighted by Crippen LogP contribution is 2.28. The fourth-order valence-electron chi connectivity index (χ4n) is 2.11. The molecule has 0 radical (unpaired) electrons. The number of halogens is 2. The second-order valence-electron chi connectivity index (χ2n) is 4.09.